The molecule has 9 heteroatoms. The zero-order chi connectivity index (χ0) is 17.7. The lowest BCUT2D eigenvalue weighted by molar-refractivity contribution is -0.121. The molecule has 0 radical (unpaired) electrons. The zero-order valence-corrected chi connectivity index (χ0v) is 15.1. The van der Waals surface area contributed by atoms with E-state index in [-0.39, 0.29) is 11.9 Å². The fourth-order valence-electron chi connectivity index (χ4n) is 1.79. The normalized spacial score (nSPS) is 12.0. The van der Waals surface area contributed by atoms with Crippen LogP contribution in [-0.2, 0) is 15.2 Å². The van der Waals surface area contributed by atoms with E-state index >= 15 is 0 Å². The predicted molar refractivity (Wildman–Crippen MR) is 92.8 cm³/mol. The van der Waals surface area contributed by atoms with Crippen molar-refractivity contribution in [2.75, 3.05) is 11.9 Å². The Labute approximate surface area is 145 Å². The van der Waals surface area contributed by atoms with Crippen LogP contribution in [0.3, 0.4) is 0 Å². The van der Waals surface area contributed by atoms with Crippen LogP contribution in [0.5, 0.6) is 0 Å². The summed E-state index contributed by atoms with van der Waals surface area (Å²) in [5.41, 5.74) is 6.77. The third-order valence-electron chi connectivity index (χ3n) is 2.81. The van der Waals surface area contributed by atoms with Gasteiger partial charge in [0.25, 0.3) is 0 Å². The van der Waals surface area contributed by atoms with Gasteiger partial charge in [-0.15, -0.1) is 0 Å². The lowest BCUT2D eigenvalue weighted by atomic mass is 10.1. The average Bonchev–Trinajstić information content (AvgIpc) is 2.48. The van der Waals surface area contributed by atoms with Crippen LogP contribution in [0.15, 0.2) is 30.3 Å². The van der Waals surface area contributed by atoms with Crippen molar-refractivity contribution in [2.24, 2.45) is 5.73 Å². The number of rotatable bonds is 8. The van der Waals surface area contributed by atoms with Crippen molar-refractivity contribution >= 4 is 32.2 Å². The van der Waals surface area contributed by atoms with Gasteiger partial charge in [0.2, 0.25) is 5.91 Å². The van der Waals surface area contributed by atoms with E-state index in [9.17, 15) is 4.79 Å². The summed E-state index contributed by atoms with van der Waals surface area (Å²) in [7, 11) is -4.67. The molecule has 1 atom stereocenters. The maximum Gasteiger partial charge on any atom is 0.394 e. The van der Waals surface area contributed by atoms with E-state index in [1.807, 2.05) is 30.3 Å². The van der Waals surface area contributed by atoms with Gasteiger partial charge in [-0.25, -0.2) is 0 Å². The van der Waals surface area contributed by atoms with Gasteiger partial charge in [0, 0.05) is 18.3 Å². The first kappa shape index (κ1) is 22.0. The minimum atomic E-state index is -4.67. The number of nitrogens with two attached hydrogens (primary N) is 1. The molecule has 0 fully saturated rings. The number of nitrogens with one attached hydrogen (secondary N) is 1. The van der Waals surface area contributed by atoms with Gasteiger partial charge in [-0.3, -0.25) is 13.9 Å². The third-order valence-corrected chi connectivity index (χ3v) is 3.37. The van der Waals surface area contributed by atoms with Crippen LogP contribution < -0.4 is 11.1 Å². The molecule has 132 valence electrons. The first-order valence-corrected chi connectivity index (χ1v) is 9.60. The number of benzene rings is 1. The molecule has 0 heterocycles. The lowest BCUT2D eigenvalue weighted by Crippen LogP contribution is -2.33. The van der Waals surface area contributed by atoms with Crippen molar-refractivity contribution in [2.45, 2.75) is 31.7 Å². The van der Waals surface area contributed by atoms with Crippen LogP contribution in [0.4, 0.5) is 0 Å². The smallest absolute Gasteiger partial charge is 0.348 e. The fourth-order valence-corrected chi connectivity index (χ4v) is 2.18. The summed E-state index contributed by atoms with van der Waals surface area (Å²) in [5, 5.41) is 3.99. The van der Waals surface area contributed by atoms with E-state index in [1.165, 1.54) is 0 Å². The van der Waals surface area contributed by atoms with Gasteiger partial charge in [0.1, 0.15) is 0 Å². The summed E-state index contributed by atoms with van der Waals surface area (Å²) in [4.78, 5) is 11.8. The molecule has 23 heavy (non-hydrogen) atoms. The second kappa shape index (κ2) is 12.4. The molecule has 0 aliphatic carbocycles. The van der Waals surface area contributed by atoms with Crippen molar-refractivity contribution in [1.82, 2.24) is 5.32 Å². The van der Waals surface area contributed by atoms with Crippen molar-refractivity contribution in [3.05, 3.63) is 35.9 Å². The Bertz CT molecular complexity index is 531. The molecule has 0 saturated heterocycles. The van der Waals surface area contributed by atoms with E-state index in [0.717, 1.165) is 30.2 Å². The number of hydrogen-bond donors (Lipinski definition) is 4. The Morgan fingerprint density at radius 1 is 1.17 bits per heavy atom. The number of alkyl halides is 1. The molecule has 1 rings (SSSR count). The second-order valence-corrected chi connectivity index (χ2v) is 6.40. The number of carbonyl (C=O) groups is 1. The van der Waals surface area contributed by atoms with Crippen LogP contribution in [0.1, 0.15) is 37.3 Å². The molecule has 0 saturated carbocycles. The number of unbranched alkanes of at least 4 members (excludes halogenated alkanes) is 2. The van der Waals surface area contributed by atoms with Gasteiger partial charge in [-0.05, 0) is 18.4 Å². The third kappa shape index (κ3) is 14.3. The molecular weight excluding hydrogens is 388 g/mol. The molecule has 7 nitrogen and oxygen atoms in total. The molecule has 1 aromatic carbocycles. The van der Waals surface area contributed by atoms with Crippen LogP contribution >= 0.6 is 15.9 Å². The molecule has 0 aliphatic heterocycles. The van der Waals surface area contributed by atoms with Gasteiger partial charge in [-0.2, -0.15) is 8.42 Å². The fraction of sp³-hybridized carbons (Fsp3) is 0.500. The summed E-state index contributed by atoms with van der Waals surface area (Å²) in [6.45, 7) is 0.428. The molecular formula is C14H23BrN2O5S. The summed E-state index contributed by atoms with van der Waals surface area (Å²) < 4.78 is 31.6. The van der Waals surface area contributed by atoms with Crippen LogP contribution in [0, 0.1) is 0 Å². The van der Waals surface area contributed by atoms with Crippen LogP contribution in [-0.4, -0.2) is 35.3 Å². The minimum absolute atomic E-state index is 0.0742. The van der Waals surface area contributed by atoms with Gasteiger partial charge in [0.15, 0.2) is 0 Å². The van der Waals surface area contributed by atoms with Gasteiger partial charge >= 0.3 is 10.4 Å². The number of carbonyl (C=O) groups excluding carboxylic acids is 1. The Kier molecular flexibility index (Phi) is 11.9. The highest BCUT2D eigenvalue weighted by Gasteiger charge is 2.11. The molecule has 1 unspecified atom stereocenters. The Hall–Kier alpha value is -1.00. The molecule has 0 bridgehead atoms. The topological polar surface area (TPSA) is 130 Å². The summed E-state index contributed by atoms with van der Waals surface area (Å²) in [6, 6.07) is 9.78. The van der Waals surface area contributed by atoms with E-state index in [1.54, 1.807) is 0 Å². The van der Waals surface area contributed by atoms with Crippen molar-refractivity contribution in [3.63, 3.8) is 0 Å². The first-order chi connectivity index (χ1) is 10.8. The zero-order valence-electron chi connectivity index (χ0n) is 12.7. The number of hydrogen-bond acceptors (Lipinski definition) is 4. The van der Waals surface area contributed by atoms with E-state index in [0.29, 0.717) is 13.0 Å². The number of amides is 1. The summed E-state index contributed by atoms with van der Waals surface area (Å²) in [6.07, 6.45) is 3.71. The summed E-state index contributed by atoms with van der Waals surface area (Å²) >= 11 is 3.38. The molecule has 0 spiro atoms. The van der Waals surface area contributed by atoms with Crippen LogP contribution in [0.25, 0.3) is 0 Å². The van der Waals surface area contributed by atoms with Gasteiger partial charge in [-0.1, -0.05) is 52.7 Å². The Morgan fingerprint density at radius 3 is 2.22 bits per heavy atom. The lowest BCUT2D eigenvalue weighted by Gasteiger charge is -2.17. The molecule has 0 aliphatic rings. The minimum Gasteiger partial charge on any atom is -0.348 e. The predicted octanol–water partition coefficient (Wildman–Crippen LogP) is 2.11. The Balaban J connectivity index is 0.000000841. The monoisotopic (exact) mass is 410 g/mol. The maximum absolute atomic E-state index is 11.8. The van der Waals surface area contributed by atoms with E-state index < -0.39 is 10.4 Å². The summed E-state index contributed by atoms with van der Waals surface area (Å²) in [5.74, 6) is 0.0869. The molecule has 1 aromatic rings. The first-order valence-electron chi connectivity index (χ1n) is 7.08. The highest BCUT2D eigenvalue weighted by Crippen LogP contribution is 2.11. The average molecular weight is 411 g/mol. The number of halogens is 1. The maximum atomic E-state index is 11.8. The van der Waals surface area contributed by atoms with Crippen molar-refractivity contribution < 1.29 is 22.3 Å². The largest absolute Gasteiger partial charge is 0.394 e. The van der Waals surface area contributed by atoms with Gasteiger partial charge < -0.3 is 11.1 Å². The molecule has 0 aromatic heterocycles. The quantitative estimate of drug-likeness (QED) is 0.295. The van der Waals surface area contributed by atoms with E-state index in [2.05, 4.69) is 21.2 Å². The standard InChI is InChI=1S/C14H21BrN2O.H2O4S/c15-10-6-2-5-9-14(18)17-13(11-16)12-7-3-1-4-8-12;1-5(2,3)4/h1,3-4,7-8,13H,2,5-6,9-11,16H2,(H,17,18);(H2,1,2,3,4). The Morgan fingerprint density at radius 2 is 1.74 bits per heavy atom. The SMILES string of the molecule is NCC(NC(=O)CCCCCBr)c1ccccc1.O=S(=O)(O)O. The second-order valence-electron chi connectivity index (χ2n) is 4.71. The molecule has 5 N–H and O–H groups in total. The molecule has 1 amide bonds. The van der Waals surface area contributed by atoms with Crippen LogP contribution in [0.2, 0.25) is 0 Å². The van der Waals surface area contributed by atoms with E-state index in [4.69, 9.17) is 23.3 Å². The highest BCUT2D eigenvalue weighted by molar-refractivity contribution is 9.09. The van der Waals surface area contributed by atoms with Crippen molar-refractivity contribution in [1.29, 1.82) is 0 Å². The highest BCUT2D eigenvalue weighted by atomic mass is 79.9. The van der Waals surface area contributed by atoms with Crippen molar-refractivity contribution in [3.8, 4) is 0 Å². The van der Waals surface area contributed by atoms with Gasteiger partial charge in [0.05, 0.1) is 6.04 Å².